The van der Waals surface area contributed by atoms with Gasteiger partial charge in [-0.15, -0.1) is 0 Å². The van der Waals surface area contributed by atoms with E-state index in [2.05, 4.69) is 20.6 Å². The number of hydrogen-bond donors (Lipinski definition) is 1. The highest BCUT2D eigenvalue weighted by Gasteiger charge is 2.18. The van der Waals surface area contributed by atoms with Crippen LogP contribution >= 0.6 is 11.6 Å². The number of aryl methyl sites for hydroxylation is 2. The summed E-state index contributed by atoms with van der Waals surface area (Å²) < 4.78 is 19.0. The molecule has 32 heavy (non-hydrogen) atoms. The lowest BCUT2D eigenvalue weighted by Gasteiger charge is -2.07. The maximum absolute atomic E-state index is 14.0. The van der Waals surface area contributed by atoms with Crippen molar-refractivity contribution in [3.05, 3.63) is 81.4 Å². The molecule has 0 aliphatic heterocycles. The Balaban J connectivity index is 1.49. The number of benzene rings is 1. The number of nitrogens with one attached hydrogen (secondary N) is 1. The van der Waals surface area contributed by atoms with Gasteiger partial charge in [0, 0.05) is 11.8 Å². The molecule has 0 saturated carbocycles. The fourth-order valence-electron chi connectivity index (χ4n) is 3.51. The summed E-state index contributed by atoms with van der Waals surface area (Å²) in [5.41, 5.74) is 4.33. The standard InChI is InChI=1S/C22H23ClFN7O/c1-13-20(23)15(3)31(26-13)12-29-10-9-19(28-29)22(32)25-21-14(2)27-30(16(21)4)11-17-7-5-6-8-18(17)24/h5-10H,11-12H2,1-4H3,(H,25,32). The van der Waals surface area contributed by atoms with Crippen molar-refractivity contribution in [2.75, 3.05) is 5.32 Å². The van der Waals surface area contributed by atoms with Crippen LogP contribution in [0.3, 0.4) is 0 Å². The second-order valence-corrected chi connectivity index (χ2v) is 7.99. The first kappa shape index (κ1) is 21.8. The zero-order valence-electron chi connectivity index (χ0n) is 18.2. The minimum atomic E-state index is -0.355. The molecule has 0 aliphatic carbocycles. The van der Waals surface area contributed by atoms with E-state index in [1.54, 1.807) is 51.4 Å². The highest BCUT2D eigenvalue weighted by Crippen LogP contribution is 2.22. The van der Waals surface area contributed by atoms with Crippen LogP contribution in [0, 0.1) is 33.5 Å². The molecule has 1 aromatic carbocycles. The van der Waals surface area contributed by atoms with E-state index in [0.717, 1.165) is 17.1 Å². The first-order valence-electron chi connectivity index (χ1n) is 10.1. The van der Waals surface area contributed by atoms with Crippen molar-refractivity contribution < 1.29 is 9.18 Å². The summed E-state index contributed by atoms with van der Waals surface area (Å²) in [4.78, 5) is 12.8. The fraction of sp³-hybridized carbons (Fsp3) is 0.273. The van der Waals surface area contributed by atoms with Gasteiger partial charge < -0.3 is 5.32 Å². The first-order valence-corrected chi connectivity index (χ1v) is 10.4. The van der Waals surface area contributed by atoms with Gasteiger partial charge in [0.2, 0.25) is 0 Å². The summed E-state index contributed by atoms with van der Waals surface area (Å²) in [6.07, 6.45) is 1.71. The molecule has 4 aromatic rings. The van der Waals surface area contributed by atoms with Crippen molar-refractivity contribution in [3.63, 3.8) is 0 Å². The van der Waals surface area contributed by atoms with Gasteiger partial charge >= 0.3 is 0 Å². The van der Waals surface area contributed by atoms with Crippen LogP contribution in [-0.2, 0) is 13.2 Å². The third-order valence-corrected chi connectivity index (χ3v) is 5.89. The minimum absolute atomic E-state index is 0.262. The lowest BCUT2D eigenvalue weighted by molar-refractivity contribution is 0.102. The molecule has 0 aliphatic rings. The molecule has 0 saturated heterocycles. The second kappa shape index (κ2) is 8.58. The summed E-state index contributed by atoms with van der Waals surface area (Å²) >= 11 is 6.20. The number of rotatable bonds is 6. The van der Waals surface area contributed by atoms with E-state index < -0.39 is 0 Å². The maximum Gasteiger partial charge on any atom is 0.276 e. The predicted octanol–water partition coefficient (Wildman–Crippen LogP) is 4.11. The highest BCUT2D eigenvalue weighted by atomic mass is 35.5. The molecule has 0 spiro atoms. The van der Waals surface area contributed by atoms with Gasteiger partial charge in [-0.05, 0) is 39.8 Å². The van der Waals surface area contributed by atoms with E-state index in [-0.39, 0.29) is 24.0 Å². The van der Waals surface area contributed by atoms with E-state index in [1.165, 1.54) is 6.07 Å². The third-order valence-electron chi connectivity index (χ3n) is 5.34. The van der Waals surface area contributed by atoms with E-state index in [1.807, 2.05) is 20.8 Å². The summed E-state index contributed by atoms with van der Waals surface area (Å²) in [5, 5.41) is 16.7. The number of hydrogen-bond acceptors (Lipinski definition) is 4. The van der Waals surface area contributed by atoms with Crippen LogP contribution in [0.5, 0.6) is 0 Å². The maximum atomic E-state index is 14.0. The number of amides is 1. The van der Waals surface area contributed by atoms with Crippen LogP contribution in [0.15, 0.2) is 36.5 Å². The van der Waals surface area contributed by atoms with Crippen LogP contribution < -0.4 is 5.32 Å². The summed E-state index contributed by atoms with van der Waals surface area (Å²) in [7, 11) is 0. The minimum Gasteiger partial charge on any atom is -0.317 e. The molecule has 166 valence electrons. The zero-order chi connectivity index (χ0) is 23.0. The van der Waals surface area contributed by atoms with E-state index in [4.69, 9.17) is 11.6 Å². The summed E-state index contributed by atoms with van der Waals surface area (Å²) in [6, 6.07) is 8.20. The molecule has 1 amide bonds. The van der Waals surface area contributed by atoms with Gasteiger partial charge in [0.25, 0.3) is 5.91 Å². The largest absolute Gasteiger partial charge is 0.317 e. The summed E-state index contributed by atoms with van der Waals surface area (Å²) in [5.74, 6) is -0.646. The average molecular weight is 456 g/mol. The van der Waals surface area contributed by atoms with Crippen LogP contribution in [0.2, 0.25) is 5.02 Å². The van der Waals surface area contributed by atoms with Crippen molar-refractivity contribution in [2.45, 2.75) is 40.9 Å². The third kappa shape index (κ3) is 4.16. The predicted molar refractivity (Wildman–Crippen MR) is 119 cm³/mol. The zero-order valence-corrected chi connectivity index (χ0v) is 19.0. The van der Waals surface area contributed by atoms with Gasteiger partial charge in [-0.25, -0.2) is 9.07 Å². The Morgan fingerprint density at radius 2 is 1.72 bits per heavy atom. The number of nitrogens with zero attached hydrogens (tertiary/aromatic N) is 6. The lowest BCUT2D eigenvalue weighted by Crippen LogP contribution is -2.16. The molecular weight excluding hydrogens is 433 g/mol. The number of aromatic nitrogens is 6. The first-order chi connectivity index (χ1) is 15.2. The van der Waals surface area contributed by atoms with Crippen molar-refractivity contribution in [3.8, 4) is 0 Å². The molecular formula is C22H23ClFN7O. The van der Waals surface area contributed by atoms with Gasteiger partial charge in [0.15, 0.2) is 5.69 Å². The SMILES string of the molecule is Cc1nn(Cn2ccc(C(=O)Nc3c(C)nn(Cc4ccccc4F)c3C)n2)c(C)c1Cl. The van der Waals surface area contributed by atoms with Gasteiger partial charge in [0.05, 0.1) is 40.0 Å². The highest BCUT2D eigenvalue weighted by molar-refractivity contribution is 6.31. The number of anilines is 1. The Hall–Kier alpha value is -3.46. The Morgan fingerprint density at radius 1 is 1.00 bits per heavy atom. The average Bonchev–Trinajstić information content (AvgIpc) is 3.40. The van der Waals surface area contributed by atoms with Gasteiger partial charge in [0.1, 0.15) is 12.5 Å². The van der Waals surface area contributed by atoms with Crippen LogP contribution in [0.25, 0.3) is 0 Å². The molecule has 0 unspecified atom stereocenters. The molecule has 0 bridgehead atoms. The fourth-order valence-corrected chi connectivity index (χ4v) is 3.64. The number of carbonyl (C=O) groups is 1. The molecule has 3 aromatic heterocycles. The quantitative estimate of drug-likeness (QED) is 0.474. The second-order valence-electron chi connectivity index (χ2n) is 7.62. The number of halogens is 2. The number of carbonyl (C=O) groups excluding carboxylic acids is 1. The molecule has 8 nitrogen and oxygen atoms in total. The Morgan fingerprint density at radius 3 is 2.41 bits per heavy atom. The van der Waals surface area contributed by atoms with Crippen molar-refractivity contribution in [1.82, 2.24) is 29.3 Å². The normalized spacial score (nSPS) is 11.2. The Bertz CT molecular complexity index is 1300. The van der Waals surface area contributed by atoms with Gasteiger partial charge in [-0.2, -0.15) is 15.3 Å². The molecule has 1 N–H and O–H groups in total. The van der Waals surface area contributed by atoms with E-state index in [9.17, 15) is 9.18 Å². The molecule has 0 atom stereocenters. The van der Waals surface area contributed by atoms with Gasteiger partial charge in [-0.1, -0.05) is 29.8 Å². The van der Waals surface area contributed by atoms with Crippen LogP contribution in [0.1, 0.15) is 38.8 Å². The molecule has 3 heterocycles. The van der Waals surface area contributed by atoms with E-state index in [0.29, 0.717) is 28.6 Å². The molecule has 10 heteroatoms. The van der Waals surface area contributed by atoms with Crippen LogP contribution in [0.4, 0.5) is 10.1 Å². The van der Waals surface area contributed by atoms with Gasteiger partial charge in [-0.3, -0.25) is 14.2 Å². The smallest absolute Gasteiger partial charge is 0.276 e. The molecule has 0 fully saturated rings. The monoisotopic (exact) mass is 455 g/mol. The van der Waals surface area contributed by atoms with Crippen LogP contribution in [-0.4, -0.2) is 35.2 Å². The van der Waals surface area contributed by atoms with Crippen molar-refractivity contribution >= 4 is 23.2 Å². The molecule has 4 rings (SSSR count). The molecule has 0 radical (unpaired) electrons. The van der Waals surface area contributed by atoms with Crippen molar-refractivity contribution in [2.24, 2.45) is 0 Å². The topological polar surface area (TPSA) is 82.6 Å². The van der Waals surface area contributed by atoms with E-state index >= 15 is 0 Å². The lowest BCUT2D eigenvalue weighted by atomic mass is 10.2. The summed E-state index contributed by atoms with van der Waals surface area (Å²) in [6.45, 7) is 7.96. The Labute approximate surface area is 189 Å². The Kier molecular flexibility index (Phi) is 5.84. The van der Waals surface area contributed by atoms with Crippen molar-refractivity contribution in [1.29, 1.82) is 0 Å².